The number of rotatable bonds is 5. The highest BCUT2D eigenvalue weighted by atomic mass is 16.1. The molecule has 108 valence electrons. The van der Waals surface area contributed by atoms with Gasteiger partial charge in [0.15, 0.2) is 0 Å². The van der Waals surface area contributed by atoms with Crippen molar-refractivity contribution in [2.24, 2.45) is 11.7 Å². The molecule has 0 radical (unpaired) electrons. The minimum absolute atomic E-state index is 0.0443. The van der Waals surface area contributed by atoms with Gasteiger partial charge in [-0.1, -0.05) is 38.2 Å². The number of hydrogen-bond acceptors (Lipinski definition) is 2. The van der Waals surface area contributed by atoms with Crippen LogP contribution >= 0.6 is 0 Å². The van der Waals surface area contributed by atoms with E-state index in [1.165, 1.54) is 0 Å². The highest BCUT2D eigenvalue weighted by molar-refractivity contribution is 5.94. The highest BCUT2D eigenvalue weighted by Crippen LogP contribution is 2.10. The second kappa shape index (κ2) is 8.39. The van der Waals surface area contributed by atoms with Gasteiger partial charge in [0.05, 0.1) is 6.54 Å². The van der Waals surface area contributed by atoms with Crippen LogP contribution in [-0.2, 0) is 0 Å². The zero-order valence-corrected chi connectivity index (χ0v) is 12.6. The van der Waals surface area contributed by atoms with Gasteiger partial charge in [-0.15, -0.1) is 0 Å². The maximum absolute atomic E-state index is 12.2. The third-order valence-electron chi connectivity index (χ3n) is 3.29. The molecule has 1 aromatic rings. The van der Waals surface area contributed by atoms with Crippen molar-refractivity contribution in [1.29, 1.82) is 0 Å². The van der Waals surface area contributed by atoms with Crippen molar-refractivity contribution >= 4 is 5.91 Å². The molecule has 0 saturated carbocycles. The molecule has 0 heterocycles. The van der Waals surface area contributed by atoms with Crippen LogP contribution in [0, 0.1) is 17.8 Å². The van der Waals surface area contributed by atoms with Gasteiger partial charge in [0.1, 0.15) is 0 Å². The summed E-state index contributed by atoms with van der Waals surface area (Å²) >= 11 is 0. The normalized spacial score (nSPS) is 13.0. The van der Waals surface area contributed by atoms with Crippen LogP contribution in [-0.4, -0.2) is 18.5 Å². The summed E-state index contributed by atoms with van der Waals surface area (Å²) in [5, 5.41) is 3.03. The monoisotopic (exact) mass is 272 g/mol. The van der Waals surface area contributed by atoms with E-state index >= 15 is 0 Å². The van der Waals surface area contributed by atoms with Crippen molar-refractivity contribution < 1.29 is 4.79 Å². The Morgan fingerprint density at radius 2 is 2.15 bits per heavy atom. The molecule has 20 heavy (non-hydrogen) atoms. The molecule has 3 nitrogen and oxygen atoms in total. The number of benzene rings is 1. The van der Waals surface area contributed by atoms with E-state index in [0.717, 1.165) is 18.4 Å². The molecule has 0 spiro atoms. The lowest BCUT2D eigenvalue weighted by molar-refractivity contribution is 0.0935. The maximum Gasteiger partial charge on any atom is 0.251 e. The van der Waals surface area contributed by atoms with Crippen LogP contribution in [0.3, 0.4) is 0 Å². The Balaban J connectivity index is 2.67. The van der Waals surface area contributed by atoms with E-state index < -0.39 is 0 Å². The largest absolute Gasteiger partial charge is 0.350 e. The van der Waals surface area contributed by atoms with Gasteiger partial charge >= 0.3 is 0 Å². The summed E-state index contributed by atoms with van der Waals surface area (Å²) in [6.45, 7) is 6.73. The summed E-state index contributed by atoms with van der Waals surface area (Å²) in [7, 11) is 0. The Kier molecular flexibility index (Phi) is 6.83. The van der Waals surface area contributed by atoms with Crippen LogP contribution < -0.4 is 11.1 Å². The molecule has 0 saturated heterocycles. The molecule has 0 aliphatic carbocycles. The van der Waals surface area contributed by atoms with E-state index in [0.29, 0.717) is 18.0 Å². The summed E-state index contributed by atoms with van der Waals surface area (Å²) < 4.78 is 0. The molecule has 0 bridgehead atoms. The molecular weight excluding hydrogens is 248 g/mol. The van der Waals surface area contributed by atoms with Crippen molar-refractivity contribution in [3.8, 4) is 11.8 Å². The summed E-state index contributed by atoms with van der Waals surface area (Å²) in [5.41, 5.74) is 6.81. The van der Waals surface area contributed by atoms with Crippen LogP contribution in [0.5, 0.6) is 0 Å². The van der Waals surface area contributed by atoms with Crippen molar-refractivity contribution in [3.63, 3.8) is 0 Å². The van der Waals surface area contributed by atoms with Crippen LogP contribution in [0.4, 0.5) is 0 Å². The summed E-state index contributed by atoms with van der Waals surface area (Å²) in [5.74, 6) is 6.30. The van der Waals surface area contributed by atoms with E-state index in [-0.39, 0.29) is 11.9 Å². The van der Waals surface area contributed by atoms with Gasteiger partial charge in [-0.2, -0.15) is 0 Å². The van der Waals surface area contributed by atoms with Crippen LogP contribution in [0.15, 0.2) is 24.3 Å². The molecule has 0 aliphatic rings. The topological polar surface area (TPSA) is 55.1 Å². The SMILES string of the molecule is CCC(C)CC(C)NC(=O)c1cccc(C#CCN)c1. The van der Waals surface area contributed by atoms with Crippen molar-refractivity contribution in [1.82, 2.24) is 5.32 Å². The minimum atomic E-state index is -0.0443. The second-order valence-corrected chi connectivity index (χ2v) is 5.21. The summed E-state index contributed by atoms with van der Waals surface area (Å²) in [6.07, 6.45) is 2.12. The van der Waals surface area contributed by atoms with Gasteiger partial charge in [0.2, 0.25) is 0 Å². The van der Waals surface area contributed by atoms with E-state index in [4.69, 9.17) is 5.73 Å². The first-order valence-electron chi connectivity index (χ1n) is 7.16. The lowest BCUT2D eigenvalue weighted by atomic mass is 10.00. The number of carbonyl (C=O) groups is 1. The summed E-state index contributed by atoms with van der Waals surface area (Å²) in [6, 6.07) is 7.50. The van der Waals surface area contributed by atoms with E-state index in [9.17, 15) is 4.79 Å². The average molecular weight is 272 g/mol. The highest BCUT2D eigenvalue weighted by Gasteiger charge is 2.12. The lowest BCUT2D eigenvalue weighted by Crippen LogP contribution is -2.33. The number of nitrogens with one attached hydrogen (secondary N) is 1. The number of nitrogens with two attached hydrogens (primary N) is 1. The van der Waals surface area contributed by atoms with Crippen molar-refractivity contribution in [3.05, 3.63) is 35.4 Å². The van der Waals surface area contributed by atoms with Gasteiger partial charge in [-0.3, -0.25) is 4.79 Å². The van der Waals surface area contributed by atoms with E-state index in [1.54, 1.807) is 12.1 Å². The average Bonchev–Trinajstić information content (AvgIpc) is 2.45. The molecule has 3 heteroatoms. The van der Waals surface area contributed by atoms with Gasteiger partial charge in [0.25, 0.3) is 5.91 Å². The number of carbonyl (C=O) groups excluding carboxylic acids is 1. The minimum Gasteiger partial charge on any atom is -0.350 e. The Morgan fingerprint density at radius 3 is 2.80 bits per heavy atom. The van der Waals surface area contributed by atoms with Crippen molar-refractivity contribution in [2.75, 3.05) is 6.54 Å². The standard InChI is InChI=1S/C17H24N2O/c1-4-13(2)11-14(3)19-17(20)16-9-5-7-15(12-16)8-6-10-18/h5,7,9,12-14H,4,10-11,18H2,1-3H3,(H,19,20). The van der Waals surface area contributed by atoms with Gasteiger partial charge in [-0.25, -0.2) is 0 Å². The molecular formula is C17H24N2O. The van der Waals surface area contributed by atoms with Crippen LogP contribution in [0.25, 0.3) is 0 Å². The predicted molar refractivity (Wildman–Crippen MR) is 83.4 cm³/mol. The molecule has 0 aromatic heterocycles. The van der Waals surface area contributed by atoms with Crippen LogP contribution in [0.1, 0.15) is 49.5 Å². The smallest absolute Gasteiger partial charge is 0.251 e. The van der Waals surface area contributed by atoms with Crippen molar-refractivity contribution in [2.45, 2.75) is 39.7 Å². The second-order valence-electron chi connectivity index (χ2n) is 5.21. The molecule has 1 aromatic carbocycles. The Hall–Kier alpha value is -1.79. The van der Waals surface area contributed by atoms with Gasteiger partial charge < -0.3 is 11.1 Å². The summed E-state index contributed by atoms with van der Waals surface area (Å²) in [4.78, 5) is 12.2. The van der Waals surface area contributed by atoms with Gasteiger partial charge in [-0.05, 0) is 37.5 Å². The molecule has 1 amide bonds. The molecule has 0 aliphatic heterocycles. The third kappa shape index (κ3) is 5.46. The molecule has 1 rings (SSSR count). The maximum atomic E-state index is 12.2. The van der Waals surface area contributed by atoms with Crippen LogP contribution in [0.2, 0.25) is 0 Å². The van der Waals surface area contributed by atoms with Gasteiger partial charge in [0, 0.05) is 17.2 Å². The first kappa shape index (κ1) is 16.3. The quantitative estimate of drug-likeness (QED) is 0.809. The van der Waals surface area contributed by atoms with E-state index in [2.05, 4.69) is 31.0 Å². The first-order chi connectivity index (χ1) is 9.56. The predicted octanol–water partition coefficient (Wildman–Crippen LogP) is 2.55. The number of hydrogen-bond donors (Lipinski definition) is 2. The molecule has 0 fully saturated rings. The lowest BCUT2D eigenvalue weighted by Gasteiger charge is -2.17. The zero-order chi connectivity index (χ0) is 15.0. The molecule has 2 atom stereocenters. The first-order valence-corrected chi connectivity index (χ1v) is 7.16. The molecule has 3 N–H and O–H groups in total. The third-order valence-corrected chi connectivity index (χ3v) is 3.29. The fourth-order valence-electron chi connectivity index (χ4n) is 2.03. The Labute approximate surface area is 121 Å². The zero-order valence-electron chi connectivity index (χ0n) is 12.6. The fraction of sp³-hybridized carbons (Fsp3) is 0.471. The Morgan fingerprint density at radius 1 is 1.40 bits per heavy atom. The number of amides is 1. The Bertz CT molecular complexity index is 499. The van der Waals surface area contributed by atoms with E-state index in [1.807, 2.05) is 19.1 Å². The fourth-order valence-corrected chi connectivity index (χ4v) is 2.03. The molecule has 2 unspecified atom stereocenters.